The quantitative estimate of drug-likeness (QED) is 0.553. The van der Waals surface area contributed by atoms with Crippen molar-refractivity contribution in [2.45, 2.75) is 19.3 Å². The van der Waals surface area contributed by atoms with Crippen LogP contribution < -0.4 is 20.3 Å². The van der Waals surface area contributed by atoms with Crippen molar-refractivity contribution in [1.29, 1.82) is 0 Å². The molecule has 0 saturated heterocycles. The highest BCUT2D eigenvalue weighted by Crippen LogP contribution is 2.27. The van der Waals surface area contributed by atoms with E-state index < -0.39 is 0 Å². The number of quaternary nitrogens is 1. The van der Waals surface area contributed by atoms with E-state index in [2.05, 4.69) is 29.7 Å². The maximum absolute atomic E-state index is 12.3. The lowest BCUT2D eigenvalue weighted by Gasteiger charge is -2.18. The van der Waals surface area contributed by atoms with Gasteiger partial charge in [0, 0.05) is 17.5 Å². The molecule has 156 valence electrons. The normalized spacial score (nSPS) is 12.7. The van der Waals surface area contributed by atoms with Gasteiger partial charge in [-0.25, -0.2) is 0 Å². The maximum Gasteiger partial charge on any atom is 0.279 e. The van der Waals surface area contributed by atoms with Gasteiger partial charge >= 0.3 is 0 Å². The van der Waals surface area contributed by atoms with Crippen LogP contribution in [0.4, 0.5) is 5.69 Å². The number of hydrogen-bond donors (Lipinski definition) is 3. The molecule has 6 nitrogen and oxygen atoms in total. The van der Waals surface area contributed by atoms with Crippen LogP contribution in [-0.4, -0.2) is 45.6 Å². The van der Waals surface area contributed by atoms with Gasteiger partial charge in [-0.15, -0.1) is 0 Å². The van der Waals surface area contributed by atoms with E-state index in [1.165, 1.54) is 12.7 Å². The van der Waals surface area contributed by atoms with E-state index in [4.69, 9.17) is 16.3 Å². The summed E-state index contributed by atoms with van der Waals surface area (Å²) in [6, 6.07) is 15.2. The highest BCUT2D eigenvalue weighted by molar-refractivity contribution is 6.31. The Morgan fingerprint density at radius 1 is 1.10 bits per heavy atom. The number of rotatable bonds is 10. The molecule has 0 saturated carbocycles. The van der Waals surface area contributed by atoms with E-state index in [1.807, 2.05) is 25.2 Å². The zero-order valence-corrected chi connectivity index (χ0v) is 17.9. The van der Waals surface area contributed by atoms with Gasteiger partial charge in [-0.3, -0.25) is 9.59 Å². The number of carbonyl (C=O) groups is 2. The fourth-order valence-electron chi connectivity index (χ4n) is 3.11. The first kappa shape index (κ1) is 22.7. The van der Waals surface area contributed by atoms with E-state index in [0.717, 1.165) is 11.3 Å². The Bertz CT molecular complexity index is 814. The Balaban J connectivity index is 1.80. The lowest BCUT2D eigenvalue weighted by Crippen LogP contribution is -3.11. The van der Waals surface area contributed by atoms with Gasteiger partial charge in [-0.05, 0) is 30.2 Å². The second-order valence-electron chi connectivity index (χ2n) is 7.02. The Labute approximate surface area is 177 Å². The molecule has 2 atom stereocenters. The Morgan fingerprint density at radius 2 is 1.79 bits per heavy atom. The molecule has 0 spiro atoms. The molecule has 0 aromatic heterocycles. The molecule has 0 radical (unpaired) electrons. The van der Waals surface area contributed by atoms with Crippen molar-refractivity contribution < 1.29 is 19.2 Å². The number of amides is 2. The minimum absolute atomic E-state index is 0.0787. The summed E-state index contributed by atoms with van der Waals surface area (Å²) < 4.78 is 5.23. The fourth-order valence-corrected chi connectivity index (χ4v) is 3.28. The van der Waals surface area contributed by atoms with Crippen LogP contribution in [0.2, 0.25) is 5.02 Å². The summed E-state index contributed by atoms with van der Waals surface area (Å²) in [6.45, 7) is 3.05. The fraction of sp³-hybridized carbons (Fsp3) is 0.364. The number of ether oxygens (including phenoxy) is 1. The van der Waals surface area contributed by atoms with Crippen molar-refractivity contribution in [2.24, 2.45) is 0 Å². The molecule has 2 aromatic rings. The van der Waals surface area contributed by atoms with Gasteiger partial charge in [0.05, 0.1) is 19.8 Å². The third kappa shape index (κ3) is 7.40. The van der Waals surface area contributed by atoms with E-state index in [-0.39, 0.29) is 30.8 Å². The summed E-state index contributed by atoms with van der Waals surface area (Å²) in [6.07, 6.45) is 0.941. The molecule has 7 heteroatoms. The maximum atomic E-state index is 12.3. The third-order valence-electron chi connectivity index (χ3n) is 4.67. The largest absolute Gasteiger partial charge is 0.495 e. The van der Waals surface area contributed by atoms with Crippen LogP contribution in [0.15, 0.2) is 48.5 Å². The summed E-state index contributed by atoms with van der Waals surface area (Å²) in [5, 5.41) is 6.27. The number of halogens is 1. The van der Waals surface area contributed by atoms with Gasteiger partial charge in [0.2, 0.25) is 0 Å². The topological polar surface area (TPSA) is 71.9 Å². The molecule has 2 aromatic carbocycles. The van der Waals surface area contributed by atoms with Crippen LogP contribution in [0, 0.1) is 0 Å². The zero-order valence-electron chi connectivity index (χ0n) is 17.1. The number of benzene rings is 2. The molecule has 0 aliphatic heterocycles. The molecule has 0 aliphatic carbocycles. The monoisotopic (exact) mass is 418 g/mol. The van der Waals surface area contributed by atoms with Crippen molar-refractivity contribution in [3.63, 3.8) is 0 Å². The summed E-state index contributed by atoms with van der Waals surface area (Å²) >= 11 is 5.98. The van der Waals surface area contributed by atoms with E-state index in [9.17, 15) is 9.59 Å². The summed E-state index contributed by atoms with van der Waals surface area (Å²) in [4.78, 5) is 25.4. The SMILES string of the molecule is CC[C@H](CNC(=O)C[NH+](C)CC(=O)Nc1cc(Cl)ccc1OC)c1ccccc1. The third-order valence-corrected chi connectivity index (χ3v) is 4.90. The first-order chi connectivity index (χ1) is 13.9. The summed E-state index contributed by atoms with van der Waals surface area (Å²) in [5.74, 6) is 0.514. The van der Waals surface area contributed by atoms with Gasteiger partial charge in [0.25, 0.3) is 11.8 Å². The molecule has 0 heterocycles. The molecule has 1 unspecified atom stereocenters. The second kappa shape index (κ2) is 11.4. The van der Waals surface area contributed by atoms with E-state index in [0.29, 0.717) is 23.0 Å². The lowest BCUT2D eigenvalue weighted by molar-refractivity contribution is -0.862. The van der Waals surface area contributed by atoms with Crippen LogP contribution in [0.1, 0.15) is 24.8 Å². The number of anilines is 1. The molecule has 2 rings (SSSR count). The van der Waals surface area contributed by atoms with Gasteiger partial charge in [0.15, 0.2) is 13.1 Å². The predicted molar refractivity (Wildman–Crippen MR) is 116 cm³/mol. The van der Waals surface area contributed by atoms with Gasteiger partial charge in [-0.1, -0.05) is 48.9 Å². The zero-order chi connectivity index (χ0) is 21.2. The van der Waals surface area contributed by atoms with E-state index >= 15 is 0 Å². The first-order valence-corrected chi connectivity index (χ1v) is 10.1. The van der Waals surface area contributed by atoms with Crippen LogP contribution in [-0.2, 0) is 9.59 Å². The second-order valence-corrected chi connectivity index (χ2v) is 7.46. The number of hydrogen-bond acceptors (Lipinski definition) is 3. The molecule has 2 amide bonds. The van der Waals surface area contributed by atoms with Crippen molar-refractivity contribution >= 4 is 29.1 Å². The minimum Gasteiger partial charge on any atom is -0.495 e. The molecule has 0 aliphatic rings. The number of likely N-dealkylation sites (N-methyl/N-ethyl adjacent to an activating group) is 1. The number of methoxy groups -OCH3 is 1. The molecular formula is C22H29ClN3O3+. The van der Waals surface area contributed by atoms with Crippen molar-refractivity contribution in [3.8, 4) is 5.75 Å². The van der Waals surface area contributed by atoms with Crippen molar-refractivity contribution in [3.05, 3.63) is 59.1 Å². The number of carbonyl (C=O) groups excluding carboxylic acids is 2. The van der Waals surface area contributed by atoms with Gasteiger partial charge in [0.1, 0.15) is 5.75 Å². The lowest BCUT2D eigenvalue weighted by atomic mass is 9.96. The number of nitrogens with one attached hydrogen (secondary N) is 3. The molecule has 29 heavy (non-hydrogen) atoms. The molecule has 0 fully saturated rings. The van der Waals surface area contributed by atoms with Gasteiger partial charge < -0.3 is 20.3 Å². The van der Waals surface area contributed by atoms with Crippen molar-refractivity contribution in [2.75, 3.05) is 39.1 Å². The Morgan fingerprint density at radius 3 is 2.45 bits per heavy atom. The van der Waals surface area contributed by atoms with Gasteiger partial charge in [-0.2, -0.15) is 0 Å². The van der Waals surface area contributed by atoms with Crippen LogP contribution in [0.25, 0.3) is 0 Å². The Kier molecular flexibility index (Phi) is 8.96. The average molecular weight is 419 g/mol. The predicted octanol–water partition coefficient (Wildman–Crippen LogP) is 2.11. The molecular weight excluding hydrogens is 390 g/mol. The standard InChI is InChI=1S/C22H28ClN3O3/c1-4-16(17-8-6-5-7-9-17)13-24-21(27)14-26(2)15-22(28)25-19-12-18(23)10-11-20(19)29-3/h5-12,16H,4,13-15H2,1-3H3,(H,24,27)(H,25,28)/p+1/t16-/m1/s1. The van der Waals surface area contributed by atoms with Crippen LogP contribution in [0.5, 0.6) is 5.75 Å². The van der Waals surface area contributed by atoms with Crippen molar-refractivity contribution in [1.82, 2.24) is 5.32 Å². The minimum atomic E-state index is -0.216. The van der Waals surface area contributed by atoms with Crippen LogP contribution in [0.3, 0.4) is 0 Å². The highest BCUT2D eigenvalue weighted by atomic mass is 35.5. The smallest absolute Gasteiger partial charge is 0.279 e. The summed E-state index contributed by atoms with van der Waals surface area (Å²) in [7, 11) is 3.34. The summed E-state index contributed by atoms with van der Waals surface area (Å²) in [5.41, 5.74) is 1.72. The van der Waals surface area contributed by atoms with E-state index in [1.54, 1.807) is 18.2 Å². The Hall–Kier alpha value is -2.57. The molecule has 0 bridgehead atoms. The first-order valence-electron chi connectivity index (χ1n) is 9.69. The molecule has 3 N–H and O–H groups in total. The average Bonchev–Trinajstić information content (AvgIpc) is 2.69. The highest BCUT2D eigenvalue weighted by Gasteiger charge is 2.17. The van der Waals surface area contributed by atoms with Crippen LogP contribution >= 0.6 is 11.6 Å².